The van der Waals surface area contributed by atoms with E-state index in [0.29, 0.717) is 16.6 Å². The highest BCUT2D eigenvalue weighted by Crippen LogP contribution is 2.18. The van der Waals surface area contributed by atoms with Gasteiger partial charge in [-0.2, -0.15) is 0 Å². The summed E-state index contributed by atoms with van der Waals surface area (Å²) in [4.78, 5) is 14.1. The van der Waals surface area contributed by atoms with Gasteiger partial charge in [-0.1, -0.05) is 11.6 Å². The molecule has 0 aromatic heterocycles. The smallest absolute Gasteiger partial charge is 0.253 e. The number of carbonyl (C=O) groups is 1. The molecule has 1 aromatic rings. The van der Waals surface area contributed by atoms with Crippen molar-refractivity contribution in [3.05, 3.63) is 34.3 Å². The van der Waals surface area contributed by atoms with Gasteiger partial charge in [0.1, 0.15) is 0 Å². The Morgan fingerprint density at radius 1 is 1.44 bits per heavy atom. The first-order chi connectivity index (χ1) is 8.10. The third-order valence-corrected chi connectivity index (χ3v) is 3.39. The van der Waals surface area contributed by atoms with Gasteiger partial charge in [-0.15, -0.1) is 12.4 Å². The van der Waals surface area contributed by atoms with E-state index in [1.807, 2.05) is 31.0 Å². The molecule has 1 N–H and O–H groups in total. The average Bonchev–Trinajstić information content (AvgIpc) is 2.75. The average molecular weight is 289 g/mol. The minimum atomic E-state index is 0. The Kier molecular flexibility index (Phi) is 5.45. The van der Waals surface area contributed by atoms with Crippen LogP contribution in [0.15, 0.2) is 18.2 Å². The molecule has 100 valence electrons. The van der Waals surface area contributed by atoms with Gasteiger partial charge in [0.25, 0.3) is 5.91 Å². The van der Waals surface area contributed by atoms with Crippen molar-refractivity contribution in [3.63, 3.8) is 0 Å². The lowest BCUT2D eigenvalue weighted by Crippen LogP contribution is -2.33. The van der Waals surface area contributed by atoms with E-state index >= 15 is 0 Å². The topological polar surface area (TPSA) is 32.3 Å². The maximum atomic E-state index is 12.3. The molecule has 0 saturated carbocycles. The summed E-state index contributed by atoms with van der Waals surface area (Å²) in [6.45, 7) is 3.54. The second-order valence-corrected chi connectivity index (χ2v) is 4.98. The monoisotopic (exact) mass is 288 g/mol. The molecule has 0 bridgehead atoms. The molecule has 1 atom stereocenters. The molecule has 18 heavy (non-hydrogen) atoms. The largest absolute Gasteiger partial charge is 0.337 e. The van der Waals surface area contributed by atoms with Crippen LogP contribution in [0.2, 0.25) is 5.02 Å². The Morgan fingerprint density at radius 3 is 2.72 bits per heavy atom. The van der Waals surface area contributed by atoms with E-state index in [2.05, 4.69) is 5.32 Å². The quantitative estimate of drug-likeness (QED) is 0.907. The molecule has 1 aromatic carbocycles. The Balaban J connectivity index is 0.00000162. The molecule has 1 aliphatic rings. The van der Waals surface area contributed by atoms with E-state index in [-0.39, 0.29) is 18.3 Å². The molecule has 0 aliphatic carbocycles. The number of nitrogens with one attached hydrogen (secondary N) is 1. The second-order valence-electron chi connectivity index (χ2n) is 4.54. The normalized spacial score (nSPS) is 18.6. The summed E-state index contributed by atoms with van der Waals surface area (Å²) in [6.07, 6.45) is 1.02. The van der Waals surface area contributed by atoms with Crippen molar-refractivity contribution in [2.45, 2.75) is 19.4 Å². The summed E-state index contributed by atoms with van der Waals surface area (Å²) < 4.78 is 0. The van der Waals surface area contributed by atoms with E-state index in [9.17, 15) is 4.79 Å². The molecular weight excluding hydrogens is 271 g/mol. The number of aryl methyl sites for hydroxylation is 1. The molecule has 1 heterocycles. The molecule has 1 saturated heterocycles. The number of likely N-dealkylation sites (N-methyl/N-ethyl adjacent to an activating group) is 1. The zero-order chi connectivity index (χ0) is 12.4. The van der Waals surface area contributed by atoms with E-state index in [1.54, 1.807) is 6.07 Å². The molecule has 2 rings (SSSR count). The fraction of sp³-hybridized carbons (Fsp3) is 0.462. The summed E-state index contributed by atoms with van der Waals surface area (Å²) in [5, 5.41) is 3.83. The number of hydrogen-bond acceptors (Lipinski definition) is 2. The van der Waals surface area contributed by atoms with Crippen molar-refractivity contribution in [1.29, 1.82) is 0 Å². The number of nitrogens with zero attached hydrogens (tertiary/aromatic N) is 1. The van der Waals surface area contributed by atoms with Crippen LogP contribution in [0.25, 0.3) is 0 Å². The lowest BCUT2D eigenvalue weighted by molar-refractivity contribution is 0.0789. The van der Waals surface area contributed by atoms with Gasteiger partial charge < -0.3 is 10.2 Å². The molecule has 3 nitrogen and oxygen atoms in total. The highest BCUT2D eigenvalue weighted by Gasteiger charge is 2.25. The number of likely N-dealkylation sites (tertiary alicyclic amines) is 1. The summed E-state index contributed by atoms with van der Waals surface area (Å²) in [6, 6.07) is 5.91. The van der Waals surface area contributed by atoms with Crippen LogP contribution in [-0.4, -0.2) is 37.0 Å². The van der Waals surface area contributed by atoms with Crippen molar-refractivity contribution in [2.75, 3.05) is 20.1 Å². The summed E-state index contributed by atoms with van der Waals surface area (Å²) in [7, 11) is 1.93. The van der Waals surface area contributed by atoms with E-state index in [1.165, 1.54) is 0 Å². The molecule has 5 heteroatoms. The number of halogens is 2. The van der Waals surface area contributed by atoms with Crippen LogP contribution in [0.1, 0.15) is 22.3 Å². The first kappa shape index (κ1) is 15.3. The summed E-state index contributed by atoms with van der Waals surface area (Å²) >= 11 is 5.97. The Hall–Kier alpha value is -0.770. The van der Waals surface area contributed by atoms with Crippen LogP contribution < -0.4 is 5.32 Å². The van der Waals surface area contributed by atoms with Crippen LogP contribution in [0, 0.1) is 6.92 Å². The van der Waals surface area contributed by atoms with Crippen LogP contribution >= 0.6 is 24.0 Å². The van der Waals surface area contributed by atoms with Crippen molar-refractivity contribution < 1.29 is 4.79 Å². The first-order valence-electron chi connectivity index (χ1n) is 5.84. The van der Waals surface area contributed by atoms with E-state index in [4.69, 9.17) is 11.6 Å². The van der Waals surface area contributed by atoms with E-state index in [0.717, 1.165) is 25.1 Å². The van der Waals surface area contributed by atoms with Crippen LogP contribution in [0.4, 0.5) is 0 Å². The summed E-state index contributed by atoms with van der Waals surface area (Å²) in [5.41, 5.74) is 1.71. The predicted octanol–water partition coefficient (Wildman–Crippen LogP) is 2.50. The Morgan fingerprint density at radius 2 is 2.17 bits per heavy atom. The number of hydrogen-bond donors (Lipinski definition) is 1. The molecule has 1 fully saturated rings. The third kappa shape index (κ3) is 3.37. The number of rotatable bonds is 2. The zero-order valence-electron chi connectivity index (χ0n) is 10.6. The fourth-order valence-electron chi connectivity index (χ4n) is 2.22. The molecule has 1 unspecified atom stereocenters. The molecule has 0 radical (unpaired) electrons. The predicted molar refractivity (Wildman–Crippen MR) is 76.8 cm³/mol. The van der Waals surface area contributed by atoms with Gasteiger partial charge in [0.05, 0.1) is 0 Å². The number of carbonyl (C=O) groups excluding carboxylic acids is 1. The molecular formula is C13H18Cl2N2O. The van der Waals surface area contributed by atoms with Crippen molar-refractivity contribution in [2.24, 2.45) is 0 Å². The van der Waals surface area contributed by atoms with Crippen molar-refractivity contribution in [1.82, 2.24) is 10.2 Å². The zero-order valence-corrected chi connectivity index (χ0v) is 12.1. The highest BCUT2D eigenvalue weighted by molar-refractivity contribution is 6.31. The number of benzene rings is 1. The van der Waals surface area contributed by atoms with Crippen LogP contribution in [0.3, 0.4) is 0 Å². The first-order valence-corrected chi connectivity index (χ1v) is 6.21. The van der Waals surface area contributed by atoms with Crippen LogP contribution in [-0.2, 0) is 0 Å². The van der Waals surface area contributed by atoms with E-state index < -0.39 is 0 Å². The Labute approximate surface area is 119 Å². The molecule has 0 spiro atoms. The number of amides is 1. The van der Waals surface area contributed by atoms with Crippen molar-refractivity contribution >= 4 is 29.9 Å². The minimum absolute atomic E-state index is 0. The molecule has 1 amide bonds. The highest BCUT2D eigenvalue weighted by atomic mass is 35.5. The molecule has 1 aliphatic heterocycles. The lowest BCUT2D eigenvalue weighted by Gasteiger charge is -2.17. The van der Waals surface area contributed by atoms with Gasteiger partial charge in [-0.05, 0) is 44.2 Å². The maximum absolute atomic E-state index is 12.3. The van der Waals surface area contributed by atoms with Gasteiger partial charge in [0.2, 0.25) is 0 Å². The second kappa shape index (κ2) is 6.41. The van der Waals surface area contributed by atoms with Gasteiger partial charge in [0, 0.05) is 29.7 Å². The SMILES string of the molecule is CNC1CCN(C(=O)c2cc(C)cc(Cl)c2)C1.Cl. The van der Waals surface area contributed by atoms with Gasteiger partial charge >= 0.3 is 0 Å². The van der Waals surface area contributed by atoms with Crippen LogP contribution in [0.5, 0.6) is 0 Å². The Bertz CT molecular complexity index is 417. The maximum Gasteiger partial charge on any atom is 0.253 e. The standard InChI is InChI=1S/C13H17ClN2O.ClH/c1-9-5-10(7-11(14)6-9)13(17)16-4-3-12(8-16)15-2;/h5-7,12,15H,3-4,8H2,1-2H3;1H. The fourth-order valence-corrected chi connectivity index (χ4v) is 2.51. The summed E-state index contributed by atoms with van der Waals surface area (Å²) in [5.74, 6) is 0.0772. The van der Waals surface area contributed by atoms with Crippen molar-refractivity contribution in [3.8, 4) is 0 Å². The minimum Gasteiger partial charge on any atom is -0.337 e. The van der Waals surface area contributed by atoms with Gasteiger partial charge in [-0.3, -0.25) is 4.79 Å². The third-order valence-electron chi connectivity index (χ3n) is 3.17. The van der Waals surface area contributed by atoms with Gasteiger partial charge in [-0.25, -0.2) is 0 Å². The van der Waals surface area contributed by atoms with Gasteiger partial charge in [0.15, 0.2) is 0 Å². The lowest BCUT2D eigenvalue weighted by atomic mass is 10.1.